The van der Waals surface area contributed by atoms with Gasteiger partial charge >= 0.3 is 0 Å². The fourth-order valence-electron chi connectivity index (χ4n) is 4.42. The average molecular weight is 446 g/mol. The van der Waals surface area contributed by atoms with Gasteiger partial charge in [0.05, 0.1) is 18.4 Å². The van der Waals surface area contributed by atoms with Gasteiger partial charge in [0.1, 0.15) is 24.7 Å². The van der Waals surface area contributed by atoms with Gasteiger partial charge in [0.15, 0.2) is 17.4 Å². The van der Waals surface area contributed by atoms with Crippen LogP contribution in [0.3, 0.4) is 0 Å². The number of likely N-dealkylation sites (tertiary alicyclic amines) is 1. The van der Waals surface area contributed by atoms with E-state index in [0.29, 0.717) is 49.7 Å². The average Bonchev–Trinajstić information content (AvgIpc) is 2.79. The summed E-state index contributed by atoms with van der Waals surface area (Å²) in [5.41, 5.74) is 1.02. The van der Waals surface area contributed by atoms with Crippen LogP contribution in [0.15, 0.2) is 18.3 Å². The minimum atomic E-state index is -0.607. The summed E-state index contributed by atoms with van der Waals surface area (Å²) in [5, 5.41) is 9.01. The Balaban J connectivity index is 1.57. The molecule has 3 heterocycles. The lowest BCUT2D eigenvalue weighted by Crippen LogP contribution is -2.40. The van der Waals surface area contributed by atoms with Crippen molar-refractivity contribution < 1.29 is 23.4 Å². The van der Waals surface area contributed by atoms with E-state index >= 15 is 0 Å². The van der Waals surface area contributed by atoms with Gasteiger partial charge in [0, 0.05) is 31.1 Å². The summed E-state index contributed by atoms with van der Waals surface area (Å²) in [6.07, 6.45) is 3.20. The van der Waals surface area contributed by atoms with Crippen molar-refractivity contribution in [3.8, 4) is 17.0 Å². The number of piperidine rings is 1. The number of aliphatic hydroxyl groups excluding tert-OH is 1. The number of ether oxygens (including phenoxy) is 1. The molecule has 2 aliphatic heterocycles. The molecule has 0 unspecified atom stereocenters. The minimum Gasteiger partial charge on any atom is -0.486 e. The minimum absolute atomic E-state index is 0.0684. The SMILES string of the molecule is CC(C)N1CCOc2c(F)cc(-c3nc(CC4CCN(C(=O)CO)CC4)ncc3F)cc21. The van der Waals surface area contributed by atoms with Crippen LogP contribution in [0.25, 0.3) is 11.3 Å². The summed E-state index contributed by atoms with van der Waals surface area (Å²) < 4.78 is 35.0. The van der Waals surface area contributed by atoms with Gasteiger partial charge < -0.3 is 19.6 Å². The van der Waals surface area contributed by atoms with Gasteiger partial charge in [0.25, 0.3) is 0 Å². The summed E-state index contributed by atoms with van der Waals surface area (Å²) in [4.78, 5) is 23.9. The predicted molar refractivity (Wildman–Crippen MR) is 115 cm³/mol. The van der Waals surface area contributed by atoms with Crippen LogP contribution in [0.4, 0.5) is 14.5 Å². The quantitative estimate of drug-likeness (QED) is 0.761. The van der Waals surface area contributed by atoms with E-state index in [4.69, 9.17) is 9.84 Å². The molecule has 0 aliphatic carbocycles. The first-order valence-corrected chi connectivity index (χ1v) is 11.0. The van der Waals surface area contributed by atoms with Crippen molar-refractivity contribution in [1.29, 1.82) is 0 Å². The third kappa shape index (κ3) is 4.53. The molecule has 4 rings (SSSR count). The Labute approximate surface area is 186 Å². The number of amides is 1. The van der Waals surface area contributed by atoms with Crippen LogP contribution in [-0.4, -0.2) is 64.8 Å². The standard InChI is InChI=1S/C23H28F2N4O3/c1-14(2)29-7-8-32-23-17(24)10-16(11-19(23)29)22-18(25)12-26-20(27-22)9-15-3-5-28(6-4-15)21(31)13-30/h10-12,14-15,30H,3-9,13H2,1-2H3. The molecule has 0 saturated carbocycles. The number of halogens is 2. The Morgan fingerprint density at radius 2 is 1.97 bits per heavy atom. The Morgan fingerprint density at radius 3 is 2.66 bits per heavy atom. The zero-order valence-corrected chi connectivity index (χ0v) is 18.4. The van der Waals surface area contributed by atoms with Crippen molar-refractivity contribution in [2.24, 2.45) is 5.92 Å². The third-order valence-electron chi connectivity index (χ3n) is 6.18. The van der Waals surface area contributed by atoms with Gasteiger partial charge in [-0.2, -0.15) is 0 Å². The molecule has 1 aromatic heterocycles. The highest BCUT2D eigenvalue weighted by atomic mass is 19.1. The van der Waals surface area contributed by atoms with Gasteiger partial charge in [-0.3, -0.25) is 4.79 Å². The summed E-state index contributed by atoms with van der Waals surface area (Å²) in [6, 6.07) is 3.13. The molecular formula is C23H28F2N4O3. The van der Waals surface area contributed by atoms with Gasteiger partial charge in [-0.1, -0.05) is 0 Å². The van der Waals surface area contributed by atoms with E-state index < -0.39 is 18.2 Å². The number of aliphatic hydroxyl groups is 1. The lowest BCUT2D eigenvalue weighted by atomic mass is 9.93. The topological polar surface area (TPSA) is 78.8 Å². The number of rotatable bonds is 5. The largest absolute Gasteiger partial charge is 0.486 e. The first-order valence-electron chi connectivity index (χ1n) is 11.0. The molecule has 9 heteroatoms. The van der Waals surface area contributed by atoms with Crippen molar-refractivity contribution in [1.82, 2.24) is 14.9 Å². The molecule has 2 aromatic rings. The normalized spacial score (nSPS) is 16.8. The molecule has 1 aromatic carbocycles. The van der Waals surface area contributed by atoms with Crippen molar-refractivity contribution in [3.63, 3.8) is 0 Å². The zero-order chi connectivity index (χ0) is 22.8. The fourth-order valence-corrected chi connectivity index (χ4v) is 4.42. The van der Waals surface area contributed by atoms with Gasteiger partial charge in [-0.15, -0.1) is 0 Å². The summed E-state index contributed by atoms with van der Waals surface area (Å²) in [5.74, 6) is -0.484. The lowest BCUT2D eigenvalue weighted by Gasteiger charge is -2.34. The van der Waals surface area contributed by atoms with Crippen LogP contribution in [0.5, 0.6) is 5.75 Å². The Morgan fingerprint density at radius 1 is 1.22 bits per heavy atom. The van der Waals surface area contributed by atoms with Gasteiger partial charge in [-0.25, -0.2) is 18.7 Å². The van der Waals surface area contributed by atoms with Gasteiger partial charge in [-0.05, 0) is 44.7 Å². The number of hydrogen-bond acceptors (Lipinski definition) is 6. The molecule has 1 fully saturated rings. The van der Waals surface area contributed by atoms with E-state index in [1.165, 1.54) is 6.07 Å². The van der Waals surface area contributed by atoms with E-state index in [1.54, 1.807) is 11.0 Å². The smallest absolute Gasteiger partial charge is 0.248 e. The maximum Gasteiger partial charge on any atom is 0.248 e. The Kier molecular flexibility index (Phi) is 6.55. The molecule has 2 aliphatic rings. The second-order valence-electron chi connectivity index (χ2n) is 8.61. The van der Waals surface area contributed by atoms with E-state index in [0.717, 1.165) is 19.0 Å². The molecule has 0 bridgehead atoms. The number of carbonyl (C=O) groups is 1. The van der Waals surface area contributed by atoms with E-state index in [-0.39, 0.29) is 29.3 Å². The van der Waals surface area contributed by atoms with Crippen LogP contribution < -0.4 is 9.64 Å². The lowest BCUT2D eigenvalue weighted by molar-refractivity contribution is -0.135. The number of carbonyl (C=O) groups excluding carboxylic acids is 1. The molecule has 7 nitrogen and oxygen atoms in total. The highest BCUT2D eigenvalue weighted by Crippen LogP contribution is 2.39. The van der Waals surface area contributed by atoms with Crippen LogP contribution in [0, 0.1) is 17.6 Å². The number of benzene rings is 1. The molecular weight excluding hydrogens is 418 g/mol. The second-order valence-corrected chi connectivity index (χ2v) is 8.61. The number of nitrogens with zero attached hydrogens (tertiary/aromatic N) is 4. The first-order chi connectivity index (χ1) is 15.4. The summed E-state index contributed by atoms with van der Waals surface area (Å²) >= 11 is 0. The zero-order valence-electron chi connectivity index (χ0n) is 18.4. The van der Waals surface area contributed by atoms with Crippen LogP contribution in [0.2, 0.25) is 0 Å². The van der Waals surface area contributed by atoms with E-state index in [1.807, 2.05) is 18.7 Å². The maximum atomic E-state index is 14.8. The highest BCUT2D eigenvalue weighted by Gasteiger charge is 2.27. The molecule has 0 atom stereocenters. The first kappa shape index (κ1) is 22.4. The van der Waals surface area contributed by atoms with Crippen molar-refractivity contribution >= 4 is 11.6 Å². The molecule has 0 spiro atoms. The van der Waals surface area contributed by atoms with Crippen LogP contribution >= 0.6 is 0 Å². The third-order valence-corrected chi connectivity index (χ3v) is 6.18. The van der Waals surface area contributed by atoms with Crippen LogP contribution in [0.1, 0.15) is 32.5 Å². The van der Waals surface area contributed by atoms with Gasteiger partial charge in [0.2, 0.25) is 5.91 Å². The molecule has 1 saturated heterocycles. The monoisotopic (exact) mass is 446 g/mol. The van der Waals surface area contributed by atoms with Crippen molar-refractivity contribution in [3.05, 3.63) is 35.8 Å². The Bertz CT molecular complexity index is 993. The fraction of sp³-hybridized carbons (Fsp3) is 0.522. The number of anilines is 1. The molecule has 172 valence electrons. The van der Waals surface area contributed by atoms with E-state index in [9.17, 15) is 13.6 Å². The maximum absolute atomic E-state index is 14.8. The van der Waals surface area contributed by atoms with E-state index in [2.05, 4.69) is 9.97 Å². The molecule has 0 radical (unpaired) electrons. The van der Waals surface area contributed by atoms with Crippen molar-refractivity contribution in [2.75, 3.05) is 37.7 Å². The number of aromatic nitrogens is 2. The Hall–Kier alpha value is -2.81. The number of hydrogen-bond donors (Lipinski definition) is 1. The second kappa shape index (κ2) is 9.36. The molecule has 1 N–H and O–H groups in total. The highest BCUT2D eigenvalue weighted by molar-refractivity contribution is 5.77. The van der Waals surface area contributed by atoms with Crippen LogP contribution in [-0.2, 0) is 11.2 Å². The summed E-state index contributed by atoms with van der Waals surface area (Å²) in [6.45, 7) is 5.72. The molecule has 1 amide bonds. The molecule has 32 heavy (non-hydrogen) atoms. The summed E-state index contributed by atoms with van der Waals surface area (Å²) in [7, 11) is 0. The van der Waals surface area contributed by atoms with Crippen molar-refractivity contribution in [2.45, 2.75) is 39.2 Å². The predicted octanol–water partition coefficient (Wildman–Crippen LogP) is 2.80. The number of fused-ring (bicyclic) bond motifs is 1.